The average molecular weight is 300 g/mol. The minimum Gasteiger partial charge on any atom is -0.461 e. The van der Waals surface area contributed by atoms with Crippen molar-refractivity contribution in [3.63, 3.8) is 0 Å². The van der Waals surface area contributed by atoms with Crippen molar-refractivity contribution in [2.45, 2.75) is 32.0 Å². The lowest BCUT2D eigenvalue weighted by Gasteiger charge is -2.09. The number of hydrogen-bond donors (Lipinski definition) is 0. The zero-order valence-electron chi connectivity index (χ0n) is 9.39. The minimum atomic E-state index is -0.215. The van der Waals surface area contributed by atoms with E-state index in [-0.39, 0.29) is 18.7 Å². The van der Waals surface area contributed by atoms with Crippen LogP contribution in [0.3, 0.4) is 0 Å². The Morgan fingerprint density at radius 3 is 3.24 bits per heavy atom. The number of rotatable bonds is 4. The number of aromatic nitrogens is 1. The van der Waals surface area contributed by atoms with Crippen LogP contribution in [0.15, 0.2) is 22.9 Å². The second-order valence-electron chi connectivity index (χ2n) is 3.95. The van der Waals surface area contributed by atoms with Crippen molar-refractivity contribution in [3.8, 4) is 0 Å². The summed E-state index contributed by atoms with van der Waals surface area (Å²) >= 11 is 3.31. The highest BCUT2D eigenvalue weighted by molar-refractivity contribution is 9.10. The molecule has 0 spiro atoms. The van der Waals surface area contributed by atoms with Gasteiger partial charge in [0.15, 0.2) is 0 Å². The molecule has 0 radical (unpaired) electrons. The summed E-state index contributed by atoms with van der Waals surface area (Å²) < 4.78 is 11.3. The van der Waals surface area contributed by atoms with Crippen molar-refractivity contribution in [1.29, 1.82) is 0 Å². The quantitative estimate of drug-likeness (QED) is 0.633. The van der Waals surface area contributed by atoms with Crippen molar-refractivity contribution < 1.29 is 14.3 Å². The maximum absolute atomic E-state index is 11.5. The fourth-order valence-electron chi connectivity index (χ4n) is 1.74. The first kappa shape index (κ1) is 12.5. The van der Waals surface area contributed by atoms with Gasteiger partial charge in [-0.05, 0) is 34.8 Å². The molecule has 5 heteroatoms. The second kappa shape index (κ2) is 6.12. The number of carbonyl (C=O) groups excluding carboxylic acids is 1. The normalized spacial score (nSPS) is 19.2. The fourth-order valence-corrected chi connectivity index (χ4v) is 2.10. The van der Waals surface area contributed by atoms with Crippen LogP contribution < -0.4 is 0 Å². The van der Waals surface area contributed by atoms with Gasteiger partial charge in [-0.2, -0.15) is 0 Å². The Bertz CT molecular complexity index is 391. The molecule has 0 bridgehead atoms. The Labute approximate surface area is 108 Å². The molecule has 1 fully saturated rings. The third-order valence-corrected chi connectivity index (χ3v) is 3.36. The van der Waals surface area contributed by atoms with Gasteiger partial charge in [0, 0.05) is 18.4 Å². The van der Waals surface area contributed by atoms with Crippen LogP contribution in [0.1, 0.15) is 24.8 Å². The molecule has 1 aromatic heterocycles. The van der Waals surface area contributed by atoms with Crippen LogP contribution in [0.4, 0.5) is 0 Å². The van der Waals surface area contributed by atoms with Crippen LogP contribution in [-0.4, -0.2) is 23.7 Å². The van der Waals surface area contributed by atoms with Gasteiger partial charge in [0.1, 0.15) is 11.2 Å². The zero-order valence-corrected chi connectivity index (χ0v) is 11.0. The standard InChI is InChI=1S/C12H14BrNO3/c13-12-9(3-1-5-14-12)8-17-11(15)7-10-4-2-6-16-10/h1,3,5,10H,2,4,6-8H2. The summed E-state index contributed by atoms with van der Waals surface area (Å²) in [5, 5.41) is 0. The number of esters is 1. The molecule has 2 heterocycles. The number of pyridine rings is 1. The molecule has 1 atom stereocenters. The third-order valence-electron chi connectivity index (χ3n) is 2.64. The lowest BCUT2D eigenvalue weighted by atomic mass is 10.2. The van der Waals surface area contributed by atoms with E-state index in [0.717, 1.165) is 25.0 Å². The monoisotopic (exact) mass is 299 g/mol. The average Bonchev–Trinajstić information content (AvgIpc) is 2.81. The Morgan fingerprint density at radius 1 is 1.65 bits per heavy atom. The summed E-state index contributed by atoms with van der Waals surface area (Å²) in [7, 11) is 0. The highest BCUT2D eigenvalue weighted by Crippen LogP contribution is 2.17. The number of ether oxygens (including phenoxy) is 2. The molecule has 2 rings (SSSR count). The summed E-state index contributed by atoms with van der Waals surface area (Å²) in [6.45, 7) is 1.01. The molecular weight excluding hydrogens is 286 g/mol. The van der Waals surface area contributed by atoms with Crippen LogP contribution >= 0.6 is 15.9 Å². The van der Waals surface area contributed by atoms with E-state index >= 15 is 0 Å². The highest BCUT2D eigenvalue weighted by atomic mass is 79.9. The molecule has 0 aliphatic carbocycles. The first-order chi connectivity index (χ1) is 8.25. The highest BCUT2D eigenvalue weighted by Gasteiger charge is 2.20. The Kier molecular flexibility index (Phi) is 4.50. The van der Waals surface area contributed by atoms with Crippen molar-refractivity contribution in [2.24, 2.45) is 0 Å². The molecule has 4 nitrogen and oxygen atoms in total. The molecular formula is C12H14BrNO3. The van der Waals surface area contributed by atoms with Gasteiger partial charge in [0.25, 0.3) is 0 Å². The summed E-state index contributed by atoms with van der Waals surface area (Å²) in [5.74, 6) is -0.215. The third kappa shape index (κ3) is 3.78. The van der Waals surface area contributed by atoms with Crippen LogP contribution in [0, 0.1) is 0 Å². The van der Waals surface area contributed by atoms with Gasteiger partial charge in [0.2, 0.25) is 0 Å². The van der Waals surface area contributed by atoms with E-state index < -0.39 is 0 Å². The smallest absolute Gasteiger partial charge is 0.308 e. The molecule has 0 amide bonds. The first-order valence-electron chi connectivity index (χ1n) is 5.62. The van der Waals surface area contributed by atoms with Crippen LogP contribution in [0.2, 0.25) is 0 Å². The van der Waals surface area contributed by atoms with Crippen molar-refractivity contribution >= 4 is 21.9 Å². The Hall–Kier alpha value is -0.940. The van der Waals surface area contributed by atoms with Gasteiger partial charge in [0.05, 0.1) is 12.5 Å². The maximum Gasteiger partial charge on any atom is 0.308 e. The van der Waals surface area contributed by atoms with Crippen LogP contribution in [-0.2, 0) is 20.9 Å². The molecule has 92 valence electrons. The summed E-state index contributed by atoms with van der Waals surface area (Å²) in [4.78, 5) is 15.6. The Balaban J connectivity index is 1.77. The largest absolute Gasteiger partial charge is 0.461 e. The molecule has 1 unspecified atom stereocenters. The second-order valence-corrected chi connectivity index (χ2v) is 4.70. The fraction of sp³-hybridized carbons (Fsp3) is 0.500. The van der Waals surface area contributed by atoms with Crippen LogP contribution in [0.5, 0.6) is 0 Å². The molecule has 0 aromatic carbocycles. The zero-order chi connectivity index (χ0) is 12.1. The topological polar surface area (TPSA) is 48.4 Å². The van der Waals surface area contributed by atoms with Gasteiger partial charge < -0.3 is 9.47 Å². The van der Waals surface area contributed by atoms with Gasteiger partial charge in [-0.25, -0.2) is 4.98 Å². The maximum atomic E-state index is 11.5. The van der Waals surface area contributed by atoms with E-state index in [1.165, 1.54) is 0 Å². The van der Waals surface area contributed by atoms with E-state index in [1.54, 1.807) is 6.20 Å². The number of halogens is 1. The number of carbonyl (C=O) groups is 1. The molecule has 0 N–H and O–H groups in total. The predicted molar refractivity (Wildman–Crippen MR) is 65.3 cm³/mol. The van der Waals surface area contributed by atoms with Gasteiger partial charge in [-0.1, -0.05) is 6.07 Å². The molecule has 17 heavy (non-hydrogen) atoms. The SMILES string of the molecule is O=C(CC1CCCO1)OCc1cccnc1Br. The molecule has 1 aliphatic rings. The van der Waals surface area contributed by atoms with E-state index in [1.807, 2.05) is 12.1 Å². The molecule has 0 saturated carbocycles. The van der Waals surface area contributed by atoms with E-state index in [4.69, 9.17) is 9.47 Å². The Morgan fingerprint density at radius 2 is 2.53 bits per heavy atom. The first-order valence-corrected chi connectivity index (χ1v) is 6.41. The molecule has 1 saturated heterocycles. The van der Waals surface area contributed by atoms with E-state index in [9.17, 15) is 4.79 Å². The van der Waals surface area contributed by atoms with E-state index in [2.05, 4.69) is 20.9 Å². The lowest BCUT2D eigenvalue weighted by Crippen LogP contribution is -2.15. The van der Waals surface area contributed by atoms with Crippen LogP contribution in [0.25, 0.3) is 0 Å². The van der Waals surface area contributed by atoms with Gasteiger partial charge >= 0.3 is 5.97 Å². The number of nitrogens with zero attached hydrogens (tertiary/aromatic N) is 1. The summed E-state index contributed by atoms with van der Waals surface area (Å²) in [6, 6.07) is 3.68. The number of hydrogen-bond acceptors (Lipinski definition) is 4. The van der Waals surface area contributed by atoms with Crippen molar-refractivity contribution in [1.82, 2.24) is 4.98 Å². The van der Waals surface area contributed by atoms with Crippen molar-refractivity contribution in [3.05, 3.63) is 28.5 Å². The summed E-state index contributed by atoms with van der Waals surface area (Å²) in [6.07, 6.45) is 4.05. The minimum absolute atomic E-state index is 0.0415. The van der Waals surface area contributed by atoms with E-state index in [0.29, 0.717) is 11.0 Å². The van der Waals surface area contributed by atoms with Gasteiger partial charge in [-0.15, -0.1) is 0 Å². The lowest BCUT2D eigenvalue weighted by molar-refractivity contribution is -0.147. The summed E-state index contributed by atoms with van der Waals surface area (Å²) in [5.41, 5.74) is 0.869. The molecule has 1 aromatic rings. The van der Waals surface area contributed by atoms with Gasteiger partial charge in [-0.3, -0.25) is 4.79 Å². The van der Waals surface area contributed by atoms with Crippen molar-refractivity contribution in [2.75, 3.05) is 6.61 Å². The predicted octanol–water partition coefficient (Wildman–Crippen LogP) is 2.46. The molecule has 1 aliphatic heterocycles.